The van der Waals surface area contributed by atoms with E-state index in [0.29, 0.717) is 12.1 Å². The largest absolute Gasteiger partial charge is 0.494 e. The smallest absolute Gasteiger partial charge is 0.119 e. The summed E-state index contributed by atoms with van der Waals surface area (Å²) in [6.45, 7) is 7.40. The van der Waals surface area contributed by atoms with Gasteiger partial charge in [-0.25, -0.2) is 0 Å². The minimum absolute atomic E-state index is 0.700. The van der Waals surface area contributed by atoms with E-state index in [1.165, 1.54) is 25.8 Å². The van der Waals surface area contributed by atoms with Gasteiger partial charge in [-0.05, 0) is 69.0 Å². The third-order valence-corrected chi connectivity index (χ3v) is 4.44. The molecule has 22 heavy (non-hydrogen) atoms. The summed E-state index contributed by atoms with van der Waals surface area (Å²) in [5, 5.41) is 12.2. The first-order chi connectivity index (χ1) is 10.7. The lowest BCUT2D eigenvalue weighted by Crippen LogP contribution is -2.38. The summed E-state index contributed by atoms with van der Waals surface area (Å²) in [6.07, 6.45) is 5.81. The van der Waals surface area contributed by atoms with Crippen molar-refractivity contribution in [3.8, 4) is 5.75 Å². The molecule has 1 atom stereocenters. The first kappa shape index (κ1) is 16.8. The van der Waals surface area contributed by atoms with E-state index in [4.69, 9.17) is 9.94 Å². The monoisotopic (exact) mass is 304 g/mol. The average Bonchev–Trinajstić information content (AvgIpc) is 2.55. The highest BCUT2D eigenvalue weighted by molar-refractivity contribution is 6.00. The van der Waals surface area contributed by atoms with Gasteiger partial charge in [0, 0.05) is 12.6 Å². The van der Waals surface area contributed by atoms with Gasteiger partial charge in [0.05, 0.1) is 12.3 Å². The first-order valence-corrected chi connectivity index (χ1v) is 8.42. The molecule has 4 nitrogen and oxygen atoms in total. The molecule has 1 aliphatic rings. The number of oxime groups is 1. The summed E-state index contributed by atoms with van der Waals surface area (Å²) in [7, 11) is 0. The number of piperidine rings is 1. The number of hydrogen-bond acceptors (Lipinski definition) is 4. The SMILES string of the molecule is CC/C(=N/O)c1ccc(OCCCN2CCCCC2C)cc1. The number of rotatable bonds is 7. The third-order valence-electron chi connectivity index (χ3n) is 4.44. The Morgan fingerprint density at radius 3 is 2.73 bits per heavy atom. The zero-order valence-corrected chi connectivity index (χ0v) is 13.8. The van der Waals surface area contributed by atoms with Crippen LogP contribution in [0.3, 0.4) is 0 Å². The fourth-order valence-corrected chi connectivity index (χ4v) is 3.02. The minimum atomic E-state index is 0.700. The zero-order valence-electron chi connectivity index (χ0n) is 13.8. The van der Waals surface area contributed by atoms with Crippen molar-refractivity contribution in [2.75, 3.05) is 19.7 Å². The van der Waals surface area contributed by atoms with Crippen molar-refractivity contribution >= 4 is 5.71 Å². The highest BCUT2D eigenvalue weighted by atomic mass is 16.5. The van der Waals surface area contributed by atoms with Crippen LogP contribution in [0, 0.1) is 0 Å². The van der Waals surface area contributed by atoms with Gasteiger partial charge < -0.3 is 14.8 Å². The average molecular weight is 304 g/mol. The Kier molecular flexibility index (Phi) is 6.72. The molecule has 0 spiro atoms. The molecule has 0 saturated carbocycles. The highest BCUT2D eigenvalue weighted by Crippen LogP contribution is 2.17. The molecular formula is C18H28N2O2. The summed E-state index contributed by atoms with van der Waals surface area (Å²) in [5.41, 5.74) is 1.64. The lowest BCUT2D eigenvalue weighted by atomic mass is 10.0. The van der Waals surface area contributed by atoms with E-state index < -0.39 is 0 Å². The Labute approximate surface area is 133 Å². The van der Waals surface area contributed by atoms with Gasteiger partial charge in [-0.3, -0.25) is 0 Å². The fraction of sp³-hybridized carbons (Fsp3) is 0.611. The van der Waals surface area contributed by atoms with Crippen molar-refractivity contribution in [3.63, 3.8) is 0 Å². The Morgan fingerprint density at radius 2 is 2.09 bits per heavy atom. The third kappa shape index (κ3) is 4.73. The Balaban J connectivity index is 1.73. The van der Waals surface area contributed by atoms with Crippen molar-refractivity contribution in [1.82, 2.24) is 4.90 Å². The summed E-state index contributed by atoms with van der Waals surface area (Å²) < 4.78 is 5.81. The van der Waals surface area contributed by atoms with Crippen molar-refractivity contribution in [2.45, 2.75) is 52.0 Å². The van der Waals surface area contributed by atoms with Crippen LogP contribution in [0.5, 0.6) is 5.75 Å². The lowest BCUT2D eigenvalue weighted by molar-refractivity contribution is 0.148. The van der Waals surface area contributed by atoms with Crippen LogP contribution in [0.15, 0.2) is 29.4 Å². The maximum absolute atomic E-state index is 8.92. The van der Waals surface area contributed by atoms with Gasteiger partial charge in [0.1, 0.15) is 5.75 Å². The van der Waals surface area contributed by atoms with Crippen LogP contribution in [-0.2, 0) is 0 Å². The molecule has 1 heterocycles. The standard InChI is InChI=1S/C18H28N2O2/c1-3-18(19-21)16-8-10-17(11-9-16)22-14-6-13-20-12-5-4-7-15(20)2/h8-11,15,21H,3-7,12-14H2,1-2H3/b19-18-. The van der Waals surface area contributed by atoms with Crippen molar-refractivity contribution < 1.29 is 9.94 Å². The molecule has 0 amide bonds. The van der Waals surface area contributed by atoms with E-state index in [2.05, 4.69) is 17.0 Å². The summed E-state index contributed by atoms with van der Waals surface area (Å²) >= 11 is 0. The molecule has 4 heteroatoms. The van der Waals surface area contributed by atoms with E-state index in [-0.39, 0.29) is 0 Å². The molecule has 1 aromatic carbocycles. The maximum atomic E-state index is 8.92. The molecule has 2 rings (SSSR count). The predicted octanol–water partition coefficient (Wildman–Crippen LogP) is 3.92. The molecule has 0 aromatic heterocycles. The molecular weight excluding hydrogens is 276 g/mol. The van der Waals surface area contributed by atoms with Gasteiger partial charge in [0.25, 0.3) is 0 Å². The van der Waals surface area contributed by atoms with Gasteiger partial charge in [0.2, 0.25) is 0 Å². The van der Waals surface area contributed by atoms with E-state index >= 15 is 0 Å². The van der Waals surface area contributed by atoms with Crippen LogP contribution in [0.2, 0.25) is 0 Å². The first-order valence-electron chi connectivity index (χ1n) is 8.42. The molecule has 1 N–H and O–H groups in total. The van der Waals surface area contributed by atoms with Crippen LogP contribution in [0.1, 0.15) is 51.5 Å². The summed E-state index contributed by atoms with van der Waals surface area (Å²) in [6, 6.07) is 8.50. The quantitative estimate of drug-likeness (QED) is 0.359. The zero-order chi connectivity index (χ0) is 15.8. The second kappa shape index (κ2) is 8.79. The maximum Gasteiger partial charge on any atom is 0.119 e. The lowest BCUT2D eigenvalue weighted by Gasteiger charge is -2.33. The predicted molar refractivity (Wildman–Crippen MR) is 90.1 cm³/mol. The highest BCUT2D eigenvalue weighted by Gasteiger charge is 2.17. The topological polar surface area (TPSA) is 45.1 Å². The number of benzene rings is 1. The van der Waals surface area contributed by atoms with Gasteiger partial charge in [-0.1, -0.05) is 18.5 Å². The second-order valence-electron chi connectivity index (χ2n) is 6.01. The van der Waals surface area contributed by atoms with Gasteiger partial charge >= 0.3 is 0 Å². The number of ether oxygens (including phenoxy) is 1. The molecule has 1 saturated heterocycles. The Hall–Kier alpha value is -1.55. The number of likely N-dealkylation sites (tertiary alicyclic amines) is 1. The Bertz CT molecular complexity index is 470. The molecule has 0 bridgehead atoms. The number of nitrogens with zero attached hydrogens (tertiary/aromatic N) is 2. The second-order valence-corrected chi connectivity index (χ2v) is 6.01. The molecule has 122 valence electrons. The van der Waals surface area contributed by atoms with Gasteiger partial charge in [-0.2, -0.15) is 0 Å². The summed E-state index contributed by atoms with van der Waals surface area (Å²) in [4.78, 5) is 2.57. The van der Waals surface area contributed by atoms with E-state index in [9.17, 15) is 0 Å². The van der Waals surface area contributed by atoms with Crippen molar-refractivity contribution in [2.24, 2.45) is 5.16 Å². The van der Waals surface area contributed by atoms with E-state index in [1.807, 2.05) is 31.2 Å². The van der Waals surface area contributed by atoms with Gasteiger partial charge in [0.15, 0.2) is 0 Å². The van der Waals surface area contributed by atoms with Crippen LogP contribution in [-0.4, -0.2) is 41.6 Å². The molecule has 1 unspecified atom stereocenters. The molecule has 0 aliphatic carbocycles. The number of hydrogen-bond donors (Lipinski definition) is 1. The van der Waals surface area contributed by atoms with Crippen LogP contribution in [0.25, 0.3) is 0 Å². The van der Waals surface area contributed by atoms with Crippen LogP contribution >= 0.6 is 0 Å². The van der Waals surface area contributed by atoms with Gasteiger partial charge in [-0.15, -0.1) is 0 Å². The van der Waals surface area contributed by atoms with E-state index in [0.717, 1.165) is 36.9 Å². The van der Waals surface area contributed by atoms with Crippen LogP contribution < -0.4 is 4.74 Å². The van der Waals surface area contributed by atoms with Crippen LogP contribution in [0.4, 0.5) is 0 Å². The van der Waals surface area contributed by atoms with Crippen molar-refractivity contribution in [3.05, 3.63) is 29.8 Å². The molecule has 1 aliphatic heterocycles. The van der Waals surface area contributed by atoms with Crippen molar-refractivity contribution in [1.29, 1.82) is 0 Å². The molecule has 0 radical (unpaired) electrons. The normalized spacial score (nSPS) is 20.1. The molecule has 1 fully saturated rings. The van der Waals surface area contributed by atoms with E-state index in [1.54, 1.807) is 0 Å². The summed E-state index contributed by atoms with van der Waals surface area (Å²) in [5.74, 6) is 0.879. The minimum Gasteiger partial charge on any atom is -0.494 e. The molecule has 1 aromatic rings. The Morgan fingerprint density at radius 1 is 1.32 bits per heavy atom. The fourth-order valence-electron chi connectivity index (χ4n) is 3.02.